The maximum absolute atomic E-state index is 12.5. The van der Waals surface area contributed by atoms with E-state index in [0.717, 1.165) is 33.1 Å². The van der Waals surface area contributed by atoms with E-state index < -0.39 is 10.8 Å². The average molecular weight is 467 g/mol. The number of aryl methyl sites for hydroxylation is 1. The molecule has 27 heavy (non-hydrogen) atoms. The Bertz CT molecular complexity index is 1020. The van der Waals surface area contributed by atoms with Crippen LogP contribution < -0.4 is 5.32 Å². The van der Waals surface area contributed by atoms with Gasteiger partial charge in [0.15, 0.2) is 5.13 Å². The molecule has 0 radical (unpaired) electrons. The first-order valence-corrected chi connectivity index (χ1v) is 9.88. The topological polar surface area (TPSA) is 85.1 Å². The van der Waals surface area contributed by atoms with Crippen molar-refractivity contribution in [2.24, 2.45) is 0 Å². The number of halogens is 2. The maximum Gasteiger partial charge on any atom is 0.270 e. The first-order valence-electron chi connectivity index (χ1n) is 7.90. The van der Waals surface area contributed by atoms with Crippen LogP contribution in [-0.4, -0.2) is 15.8 Å². The Morgan fingerprint density at radius 2 is 2.00 bits per heavy atom. The van der Waals surface area contributed by atoms with Crippen molar-refractivity contribution in [2.75, 3.05) is 5.32 Å². The molecule has 0 fully saturated rings. The van der Waals surface area contributed by atoms with Crippen LogP contribution in [0, 0.1) is 10.1 Å². The SMILES string of the molecule is CCc1sc(NC(=O)c2cc([N+](=O)[O-])ccc2Cl)nc1-c1ccc(Br)cc1. The van der Waals surface area contributed by atoms with Gasteiger partial charge in [-0.25, -0.2) is 4.98 Å². The highest BCUT2D eigenvalue weighted by Gasteiger charge is 2.19. The molecule has 1 N–H and O–H groups in total. The fourth-order valence-corrected chi connectivity index (χ4v) is 3.83. The quantitative estimate of drug-likeness (QED) is 0.372. The molecule has 0 unspecified atom stereocenters. The predicted octanol–water partition coefficient (Wildman–Crippen LogP) is 5.95. The lowest BCUT2D eigenvalue weighted by molar-refractivity contribution is -0.384. The summed E-state index contributed by atoms with van der Waals surface area (Å²) in [6.07, 6.45) is 0.760. The van der Waals surface area contributed by atoms with Crippen molar-refractivity contribution < 1.29 is 9.72 Å². The van der Waals surface area contributed by atoms with Gasteiger partial charge in [-0.2, -0.15) is 0 Å². The van der Waals surface area contributed by atoms with Crippen molar-refractivity contribution in [1.29, 1.82) is 0 Å². The molecule has 2 aromatic carbocycles. The molecule has 0 saturated heterocycles. The number of hydrogen-bond donors (Lipinski definition) is 1. The van der Waals surface area contributed by atoms with E-state index in [1.165, 1.54) is 23.5 Å². The Balaban J connectivity index is 1.90. The Kier molecular flexibility index (Phi) is 5.88. The molecule has 0 saturated carbocycles. The van der Waals surface area contributed by atoms with Gasteiger partial charge in [0.1, 0.15) is 0 Å². The second-order valence-corrected chi connectivity index (χ2v) is 7.93. The van der Waals surface area contributed by atoms with Crippen molar-refractivity contribution >= 4 is 55.6 Å². The van der Waals surface area contributed by atoms with Crippen LogP contribution in [-0.2, 0) is 6.42 Å². The molecule has 0 aliphatic heterocycles. The zero-order chi connectivity index (χ0) is 19.6. The van der Waals surface area contributed by atoms with Crippen LogP contribution in [0.3, 0.4) is 0 Å². The number of non-ortho nitro benzene ring substituents is 1. The van der Waals surface area contributed by atoms with Crippen molar-refractivity contribution in [3.05, 3.63) is 72.5 Å². The molecule has 1 aromatic heterocycles. The highest BCUT2D eigenvalue weighted by molar-refractivity contribution is 9.10. The predicted molar refractivity (Wildman–Crippen MR) is 111 cm³/mol. The van der Waals surface area contributed by atoms with Gasteiger partial charge >= 0.3 is 0 Å². The van der Waals surface area contributed by atoms with E-state index in [0.29, 0.717) is 5.13 Å². The van der Waals surface area contributed by atoms with E-state index in [1.54, 1.807) is 0 Å². The highest BCUT2D eigenvalue weighted by Crippen LogP contribution is 2.33. The van der Waals surface area contributed by atoms with Crippen molar-refractivity contribution in [3.8, 4) is 11.3 Å². The van der Waals surface area contributed by atoms with Gasteiger partial charge < -0.3 is 0 Å². The number of amides is 1. The number of nitro groups is 1. The minimum absolute atomic E-state index is 0.0318. The standard InChI is InChI=1S/C18H13BrClN3O3S/c1-2-15-16(10-3-5-11(19)6-4-10)21-18(27-15)22-17(24)13-9-12(23(25)26)7-8-14(13)20/h3-9H,2H2,1H3,(H,21,22,24). The molecule has 9 heteroatoms. The summed E-state index contributed by atoms with van der Waals surface area (Å²) in [6, 6.07) is 11.5. The summed E-state index contributed by atoms with van der Waals surface area (Å²) in [5, 5.41) is 14.2. The summed E-state index contributed by atoms with van der Waals surface area (Å²) in [4.78, 5) is 28.5. The average Bonchev–Trinajstić information content (AvgIpc) is 3.05. The number of rotatable bonds is 5. The molecule has 0 spiro atoms. The third-order valence-corrected chi connectivity index (χ3v) is 5.74. The van der Waals surface area contributed by atoms with Crippen molar-refractivity contribution in [3.63, 3.8) is 0 Å². The lowest BCUT2D eigenvalue weighted by Crippen LogP contribution is -2.12. The monoisotopic (exact) mass is 465 g/mol. The lowest BCUT2D eigenvalue weighted by atomic mass is 10.1. The van der Waals surface area contributed by atoms with E-state index >= 15 is 0 Å². The smallest absolute Gasteiger partial charge is 0.270 e. The Hall–Kier alpha value is -2.29. The fourth-order valence-electron chi connectivity index (χ4n) is 2.44. The number of nitrogens with zero attached hydrogens (tertiary/aromatic N) is 2. The van der Waals surface area contributed by atoms with Gasteiger partial charge in [0.05, 0.1) is 21.2 Å². The molecule has 0 atom stereocenters. The zero-order valence-electron chi connectivity index (χ0n) is 14.0. The zero-order valence-corrected chi connectivity index (χ0v) is 17.2. The summed E-state index contributed by atoms with van der Waals surface area (Å²) in [6.45, 7) is 2.01. The van der Waals surface area contributed by atoms with E-state index in [-0.39, 0.29) is 16.3 Å². The summed E-state index contributed by atoms with van der Waals surface area (Å²) in [5.41, 5.74) is 1.58. The van der Waals surface area contributed by atoms with Gasteiger partial charge in [-0.05, 0) is 24.6 Å². The van der Waals surface area contributed by atoms with Crippen LogP contribution >= 0.6 is 38.9 Å². The van der Waals surface area contributed by atoms with Gasteiger partial charge in [-0.1, -0.05) is 46.6 Å². The third kappa shape index (κ3) is 4.35. The maximum atomic E-state index is 12.5. The molecule has 0 aliphatic rings. The summed E-state index contributed by atoms with van der Waals surface area (Å²) in [7, 11) is 0. The number of anilines is 1. The normalized spacial score (nSPS) is 10.6. The van der Waals surface area contributed by atoms with Gasteiger partial charge in [-0.3, -0.25) is 20.2 Å². The summed E-state index contributed by atoms with van der Waals surface area (Å²) < 4.78 is 0.966. The van der Waals surface area contributed by atoms with Crippen LogP contribution in [0.25, 0.3) is 11.3 Å². The lowest BCUT2D eigenvalue weighted by Gasteiger charge is -2.04. The number of benzene rings is 2. The number of thiazole rings is 1. The number of carbonyl (C=O) groups is 1. The van der Waals surface area contributed by atoms with E-state index in [9.17, 15) is 14.9 Å². The first-order chi connectivity index (χ1) is 12.9. The number of hydrogen-bond acceptors (Lipinski definition) is 5. The molecule has 3 aromatic rings. The summed E-state index contributed by atoms with van der Waals surface area (Å²) >= 11 is 10.8. The van der Waals surface area contributed by atoms with Crippen LogP contribution in [0.2, 0.25) is 5.02 Å². The molecular weight excluding hydrogens is 454 g/mol. The molecule has 1 amide bonds. The Morgan fingerprint density at radius 1 is 1.30 bits per heavy atom. The first kappa shape index (κ1) is 19.5. The minimum atomic E-state index is -0.572. The number of carbonyl (C=O) groups excluding carboxylic acids is 1. The third-order valence-electron chi connectivity index (χ3n) is 3.76. The largest absolute Gasteiger partial charge is 0.298 e. The van der Waals surface area contributed by atoms with E-state index in [1.807, 2.05) is 31.2 Å². The van der Waals surface area contributed by atoms with Crippen LogP contribution in [0.5, 0.6) is 0 Å². The number of nitrogens with one attached hydrogen (secondary N) is 1. The molecule has 138 valence electrons. The molecule has 0 aliphatic carbocycles. The van der Waals surface area contributed by atoms with Gasteiger partial charge in [0.25, 0.3) is 11.6 Å². The molecule has 0 bridgehead atoms. The van der Waals surface area contributed by atoms with E-state index in [2.05, 4.69) is 26.2 Å². The van der Waals surface area contributed by atoms with Gasteiger partial charge in [-0.15, -0.1) is 11.3 Å². The second kappa shape index (κ2) is 8.16. The Morgan fingerprint density at radius 3 is 2.63 bits per heavy atom. The number of aromatic nitrogens is 1. The number of nitro benzene ring substituents is 1. The highest BCUT2D eigenvalue weighted by atomic mass is 79.9. The minimum Gasteiger partial charge on any atom is -0.298 e. The van der Waals surface area contributed by atoms with Crippen LogP contribution in [0.15, 0.2) is 46.9 Å². The molecule has 6 nitrogen and oxygen atoms in total. The molecule has 1 heterocycles. The molecular formula is C18H13BrClN3O3S. The van der Waals surface area contributed by atoms with Crippen molar-refractivity contribution in [1.82, 2.24) is 4.98 Å². The van der Waals surface area contributed by atoms with Gasteiger partial charge in [0.2, 0.25) is 0 Å². The Labute approximate surface area is 172 Å². The second-order valence-electron chi connectivity index (χ2n) is 5.53. The van der Waals surface area contributed by atoms with E-state index in [4.69, 9.17) is 11.6 Å². The van der Waals surface area contributed by atoms with Crippen LogP contribution in [0.4, 0.5) is 10.8 Å². The fraction of sp³-hybridized carbons (Fsp3) is 0.111. The van der Waals surface area contributed by atoms with Gasteiger partial charge in [0, 0.05) is 27.0 Å². The van der Waals surface area contributed by atoms with Crippen LogP contribution in [0.1, 0.15) is 22.2 Å². The molecule has 3 rings (SSSR count). The summed E-state index contributed by atoms with van der Waals surface area (Å²) in [5.74, 6) is -0.539. The van der Waals surface area contributed by atoms with Crippen molar-refractivity contribution in [2.45, 2.75) is 13.3 Å².